The third-order valence-corrected chi connectivity index (χ3v) is 5.04. The Hall–Kier alpha value is -0.400. The number of halogens is 3. The van der Waals surface area contributed by atoms with Crippen LogP contribution in [-0.2, 0) is 5.41 Å². The normalized spacial score (nSPS) is 11.7. The molecule has 2 rings (SSSR count). The number of benzene rings is 1. The first-order chi connectivity index (χ1) is 9.20. The fourth-order valence-corrected chi connectivity index (χ4v) is 3.27. The quantitative estimate of drug-likeness (QED) is 0.599. The van der Waals surface area contributed by atoms with Gasteiger partial charge in [-0.2, -0.15) is 0 Å². The van der Waals surface area contributed by atoms with Gasteiger partial charge in [-0.3, -0.25) is 0 Å². The third kappa shape index (κ3) is 3.26. The van der Waals surface area contributed by atoms with E-state index < -0.39 is 0 Å². The zero-order valence-electron chi connectivity index (χ0n) is 11.3. The van der Waals surface area contributed by atoms with E-state index in [2.05, 4.69) is 69.3 Å². The van der Waals surface area contributed by atoms with E-state index in [1.165, 1.54) is 0 Å². The summed E-state index contributed by atoms with van der Waals surface area (Å²) in [4.78, 5) is 9.07. The first-order valence-electron chi connectivity index (χ1n) is 5.99. The molecule has 0 unspecified atom stereocenters. The second-order valence-corrected chi connectivity index (χ2v) is 7.81. The minimum absolute atomic E-state index is 0.0913. The number of hydrogen-bond acceptors (Lipinski definition) is 3. The highest BCUT2D eigenvalue weighted by molar-refractivity contribution is 14.1. The maximum absolute atomic E-state index is 6.03. The van der Waals surface area contributed by atoms with Crippen LogP contribution in [0.15, 0.2) is 22.7 Å². The van der Waals surface area contributed by atoms with E-state index in [-0.39, 0.29) is 5.41 Å². The Morgan fingerprint density at radius 2 is 1.90 bits per heavy atom. The maximum Gasteiger partial charge on any atom is 0.161 e. The fourth-order valence-electron chi connectivity index (χ4n) is 1.73. The van der Waals surface area contributed by atoms with Crippen LogP contribution in [0.2, 0.25) is 5.02 Å². The molecule has 3 nitrogen and oxygen atoms in total. The van der Waals surface area contributed by atoms with E-state index in [1.807, 2.05) is 18.2 Å². The number of nitrogen functional groups attached to an aromatic ring is 1. The Kier molecular flexibility index (Phi) is 4.61. The molecule has 0 aliphatic carbocycles. The molecule has 1 aromatic carbocycles. The minimum atomic E-state index is -0.0913. The van der Waals surface area contributed by atoms with Crippen LogP contribution in [0.3, 0.4) is 0 Å². The summed E-state index contributed by atoms with van der Waals surface area (Å²) < 4.78 is 1.72. The summed E-state index contributed by atoms with van der Waals surface area (Å²) in [6.07, 6.45) is 0. The van der Waals surface area contributed by atoms with Crippen molar-refractivity contribution in [3.8, 4) is 11.4 Å². The van der Waals surface area contributed by atoms with Gasteiger partial charge in [-0.15, -0.1) is 0 Å². The molecule has 20 heavy (non-hydrogen) atoms. The molecule has 1 heterocycles. The molecule has 0 amide bonds. The average molecular weight is 467 g/mol. The van der Waals surface area contributed by atoms with Gasteiger partial charge in [0.25, 0.3) is 0 Å². The van der Waals surface area contributed by atoms with Crippen molar-refractivity contribution < 1.29 is 0 Å². The van der Waals surface area contributed by atoms with Gasteiger partial charge < -0.3 is 5.73 Å². The van der Waals surface area contributed by atoms with Crippen LogP contribution in [0.25, 0.3) is 11.4 Å². The van der Waals surface area contributed by atoms with Crippen molar-refractivity contribution in [2.45, 2.75) is 26.2 Å². The van der Waals surface area contributed by atoms with Crippen molar-refractivity contribution in [1.82, 2.24) is 9.97 Å². The standard InChI is InChI=1S/C14H14BrClIN3/c1-14(2,3)11-10(17)12(18)20-13(19-11)7-4-5-9(16)8(15)6-7/h4-6H,1-3H3,(H2,18,19,20). The van der Waals surface area contributed by atoms with Crippen LogP contribution in [0.4, 0.5) is 5.82 Å². The number of rotatable bonds is 1. The maximum atomic E-state index is 6.03. The summed E-state index contributed by atoms with van der Waals surface area (Å²) in [5.41, 5.74) is 7.77. The van der Waals surface area contributed by atoms with Crippen molar-refractivity contribution in [2.24, 2.45) is 0 Å². The Bertz CT molecular complexity index is 668. The molecule has 6 heteroatoms. The number of nitrogens with two attached hydrogens (primary N) is 1. The van der Waals surface area contributed by atoms with Crippen LogP contribution < -0.4 is 5.73 Å². The van der Waals surface area contributed by atoms with Gasteiger partial charge in [0.2, 0.25) is 0 Å². The minimum Gasteiger partial charge on any atom is -0.383 e. The lowest BCUT2D eigenvalue weighted by molar-refractivity contribution is 0.564. The smallest absolute Gasteiger partial charge is 0.161 e. The molecule has 2 aromatic rings. The van der Waals surface area contributed by atoms with E-state index in [0.29, 0.717) is 16.7 Å². The van der Waals surface area contributed by atoms with Crippen LogP contribution in [-0.4, -0.2) is 9.97 Å². The monoisotopic (exact) mass is 465 g/mol. The lowest BCUT2D eigenvalue weighted by Crippen LogP contribution is -2.18. The molecular formula is C14H14BrClIN3. The van der Waals surface area contributed by atoms with E-state index in [0.717, 1.165) is 19.3 Å². The first kappa shape index (κ1) is 16.0. The predicted octanol–water partition coefficient (Wildman–Crippen LogP) is 5.04. The summed E-state index contributed by atoms with van der Waals surface area (Å²) in [7, 11) is 0. The van der Waals surface area contributed by atoms with Crippen LogP contribution in [0.5, 0.6) is 0 Å². The highest BCUT2D eigenvalue weighted by Crippen LogP contribution is 2.32. The third-order valence-electron chi connectivity index (χ3n) is 2.77. The van der Waals surface area contributed by atoms with E-state index in [4.69, 9.17) is 17.3 Å². The zero-order chi connectivity index (χ0) is 15.1. The topological polar surface area (TPSA) is 51.8 Å². The van der Waals surface area contributed by atoms with E-state index in [1.54, 1.807) is 0 Å². The zero-order valence-corrected chi connectivity index (χ0v) is 15.8. The van der Waals surface area contributed by atoms with Crippen LogP contribution in [0, 0.1) is 3.57 Å². The summed E-state index contributed by atoms with van der Waals surface area (Å²) >= 11 is 11.6. The first-order valence-corrected chi connectivity index (χ1v) is 8.24. The summed E-state index contributed by atoms with van der Waals surface area (Å²) in [5.74, 6) is 1.12. The van der Waals surface area contributed by atoms with Gasteiger partial charge in [-0.05, 0) is 56.7 Å². The SMILES string of the molecule is CC(C)(C)c1nc(-c2ccc(Cl)c(Br)c2)nc(N)c1I. The molecular weight excluding hydrogens is 452 g/mol. The van der Waals surface area contributed by atoms with Crippen LogP contribution >= 0.6 is 50.1 Å². The Morgan fingerprint density at radius 1 is 1.25 bits per heavy atom. The van der Waals surface area contributed by atoms with Gasteiger partial charge in [-0.1, -0.05) is 32.4 Å². The van der Waals surface area contributed by atoms with Gasteiger partial charge in [-0.25, -0.2) is 9.97 Å². The van der Waals surface area contributed by atoms with Gasteiger partial charge in [0, 0.05) is 15.5 Å². The number of nitrogens with zero attached hydrogens (tertiary/aromatic N) is 2. The molecule has 2 N–H and O–H groups in total. The Balaban J connectivity index is 2.63. The van der Waals surface area contributed by atoms with Crippen molar-refractivity contribution in [2.75, 3.05) is 5.73 Å². The van der Waals surface area contributed by atoms with E-state index in [9.17, 15) is 0 Å². The molecule has 0 spiro atoms. The molecule has 0 aliphatic rings. The fraction of sp³-hybridized carbons (Fsp3) is 0.286. The van der Waals surface area contributed by atoms with Crippen molar-refractivity contribution in [3.05, 3.63) is 37.0 Å². The van der Waals surface area contributed by atoms with Gasteiger partial charge in [0.1, 0.15) is 5.82 Å². The number of anilines is 1. The molecule has 106 valence electrons. The Labute approximate surface area is 145 Å². The highest BCUT2D eigenvalue weighted by atomic mass is 127. The average Bonchev–Trinajstić information content (AvgIpc) is 2.34. The Morgan fingerprint density at radius 3 is 2.45 bits per heavy atom. The predicted molar refractivity (Wildman–Crippen MR) is 96.0 cm³/mol. The van der Waals surface area contributed by atoms with Gasteiger partial charge >= 0.3 is 0 Å². The van der Waals surface area contributed by atoms with Crippen molar-refractivity contribution >= 4 is 55.9 Å². The van der Waals surface area contributed by atoms with Gasteiger partial charge in [0.15, 0.2) is 5.82 Å². The summed E-state index contributed by atoms with van der Waals surface area (Å²) in [6, 6.07) is 5.60. The van der Waals surface area contributed by atoms with Crippen molar-refractivity contribution in [1.29, 1.82) is 0 Å². The molecule has 0 atom stereocenters. The van der Waals surface area contributed by atoms with Crippen LogP contribution in [0.1, 0.15) is 26.5 Å². The lowest BCUT2D eigenvalue weighted by Gasteiger charge is -2.21. The second kappa shape index (κ2) is 5.77. The molecule has 0 radical (unpaired) electrons. The molecule has 0 saturated heterocycles. The molecule has 0 fully saturated rings. The molecule has 0 aliphatic heterocycles. The molecule has 1 aromatic heterocycles. The summed E-state index contributed by atoms with van der Waals surface area (Å²) in [5, 5.41) is 0.656. The van der Waals surface area contributed by atoms with Gasteiger partial charge in [0.05, 0.1) is 14.3 Å². The lowest BCUT2D eigenvalue weighted by atomic mass is 9.92. The van der Waals surface area contributed by atoms with E-state index >= 15 is 0 Å². The van der Waals surface area contributed by atoms with Crippen molar-refractivity contribution in [3.63, 3.8) is 0 Å². The summed E-state index contributed by atoms with van der Waals surface area (Å²) in [6.45, 7) is 6.33. The molecule has 0 bridgehead atoms. The number of aromatic nitrogens is 2. The number of hydrogen-bond donors (Lipinski definition) is 1. The molecule has 0 saturated carbocycles. The highest BCUT2D eigenvalue weighted by Gasteiger charge is 2.22. The second-order valence-electron chi connectivity index (χ2n) is 5.47. The largest absolute Gasteiger partial charge is 0.383 e.